The third kappa shape index (κ3) is 2.94. The fraction of sp³-hybridized carbons (Fsp3) is 0.400. The largest absolute Gasteiger partial charge is 0.397 e. The first-order valence-electron chi connectivity index (χ1n) is 6.59. The molecule has 0 radical (unpaired) electrons. The van der Waals surface area contributed by atoms with Gasteiger partial charge in [-0.15, -0.1) is 11.3 Å². The Bertz CT molecular complexity index is 633. The molecule has 1 aromatic heterocycles. The average molecular weight is 291 g/mol. The zero-order chi connectivity index (χ0) is 14.9. The number of hydrogen-bond donors (Lipinski definition) is 1. The van der Waals surface area contributed by atoms with E-state index in [9.17, 15) is 4.79 Å². The number of nitrogen functional groups attached to an aromatic ring is 1. The molecule has 0 saturated carbocycles. The predicted octanol–water partition coefficient (Wildman–Crippen LogP) is 2.43. The molecule has 1 heterocycles. The highest BCUT2D eigenvalue weighted by molar-refractivity contribution is 7.21. The van der Waals surface area contributed by atoms with Gasteiger partial charge < -0.3 is 15.5 Å². The van der Waals surface area contributed by atoms with Crippen molar-refractivity contribution in [3.8, 4) is 0 Å². The van der Waals surface area contributed by atoms with Crippen molar-refractivity contribution in [1.82, 2.24) is 9.80 Å². The molecule has 0 bridgehead atoms. The van der Waals surface area contributed by atoms with Gasteiger partial charge in [-0.2, -0.15) is 0 Å². The fourth-order valence-electron chi connectivity index (χ4n) is 2.01. The van der Waals surface area contributed by atoms with E-state index in [1.807, 2.05) is 46.3 Å². The number of aryl methyl sites for hydroxylation is 1. The van der Waals surface area contributed by atoms with Crippen molar-refractivity contribution in [2.45, 2.75) is 6.92 Å². The van der Waals surface area contributed by atoms with Gasteiger partial charge in [0.2, 0.25) is 0 Å². The molecule has 0 saturated heterocycles. The number of carbonyl (C=O) groups is 1. The lowest BCUT2D eigenvalue weighted by molar-refractivity contribution is 0.0792. The van der Waals surface area contributed by atoms with Gasteiger partial charge in [0.05, 0.1) is 5.69 Å². The number of nitrogens with zero attached hydrogens (tertiary/aromatic N) is 2. The third-order valence-corrected chi connectivity index (χ3v) is 4.48. The monoisotopic (exact) mass is 291 g/mol. The van der Waals surface area contributed by atoms with Gasteiger partial charge in [-0.1, -0.05) is 11.6 Å². The summed E-state index contributed by atoms with van der Waals surface area (Å²) in [6.07, 6.45) is 0. The van der Waals surface area contributed by atoms with E-state index in [1.54, 1.807) is 4.90 Å². The standard InChI is InChI=1S/C15H21N3OS/c1-10-5-6-12-11(9-10)13(16)14(20-12)15(19)18(4)8-7-17(2)3/h5-6,9H,7-8,16H2,1-4H3. The third-order valence-electron chi connectivity index (χ3n) is 3.31. The maximum Gasteiger partial charge on any atom is 0.265 e. The van der Waals surface area contributed by atoms with Crippen LogP contribution < -0.4 is 5.73 Å². The number of nitrogens with two attached hydrogens (primary N) is 1. The SMILES string of the molecule is Cc1ccc2sc(C(=O)N(C)CCN(C)C)c(N)c2c1. The Kier molecular flexibility index (Phi) is 4.30. The Balaban J connectivity index is 2.28. The van der Waals surface area contributed by atoms with E-state index in [4.69, 9.17) is 5.73 Å². The number of thiophene rings is 1. The van der Waals surface area contributed by atoms with Crippen LogP contribution in [0.5, 0.6) is 0 Å². The molecule has 0 spiro atoms. The number of likely N-dealkylation sites (N-methyl/N-ethyl adjacent to an activating group) is 2. The van der Waals surface area contributed by atoms with E-state index in [2.05, 4.69) is 4.90 Å². The molecule has 2 N–H and O–H groups in total. The summed E-state index contributed by atoms with van der Waals surface area (Å²) >= 11 is 1.47. The molecule has 0 fully saturated rings. The van der Waals surface area contributed by atoms with Crippen molar-refractivity contribution in [3.63, 3.8) is 0 Å². The van der Waals surface area contributed by atoms with Crippen LogP contribution >= 0.6 is 11.3 Å². The van der Waals surface area contributed by atoms with Crippen LogP contribution in [0.2, 0.25) is 0 Å². The molecule has 1 amide bonds. The summed E-state index contributed by atoms with van der Waals surface area (Å²) in [7, 11) is 5.81. The maximum atomic E-state index is 12.5. The number of hydrogen-bond acceptors (Lipinski definition) is 4. The van der Waals surface area contributed by atoms with Crippen molar-refractivity contribution in [2.75, 3.05) is 40.0 Å². The van der Waals surface area contributed by atoms with Gasteiger partial charge >= 0.3 is 0 Å². The molecule has 108 valence electrons. The van der Waals surface area contributed by atoms with Gasteiger partial charge in [-0.25, -0.2) is 0 Å². The molecule has 5 heteroatoms. The van der Waals surface area contributed by atoms with E-state index in [0.717, 1.165) is 22.2 Å². The molecular weight excluding hydrogens is 270 g/mol. The molecule has 0 unspecified atom stereocenters. The maximum absolute atomic E-state index is 12.5. The number of carbonyl (C=O) groups excluding carboxylic acids is 1. The molecule has 2 aromatic rings. The van der Waals surface area contributed by atoms with Crippen molar-refractivity contribution >= 4 is 33.0 Å². The van der Waals surface area contributed by atoms with Crippen LogP contribution in [-0.4, -0.2) is 49.9 Å². The van der Waals surface area contributed by atoms with Crippen LogP contribution in [0.15, 0.2) is 18.2 Å². The number of benzene rings is 1. The second-order valence-corrected chi connectivity index (χ2v) is 6.43. The minimum atomic E-state index is 0.00297. The van der Waals surface area contributed by atoms with E-state index in [-0.39, 0.29) is 5.91 Å². The summed E-state index contributed by atoms with van der Waals surface area (Å²) in [5.74, 6) is 0.00297. The first-order valence-corrected chi connectivity index (χ1v) is 7.40. The van der Waals surface area contributed by atoms with E-state index in [0.29, 0.717) is 17.1 Å². The number of fused-ring (bicyclic) bond motifs is 1. The van der Waals surface area contributed by atoms with Gasteiger partial charge in [0.25, 0.3) is 5.91 Å². The first kappa shape index (κ1) is 14.8. The Morgan fingerprint density at radius 3 is 2.60 bits per heavy atom. The van der Waals surface area contributed by atoms with Gasteiger partial charge in [0, 0.05) is 30.2 Å². The van der Waals surface area contributed by atoms with Gasteiger partial charge in [0.15, 0.2) is 0 Å². The molecule has 0 atom stereocenters. The van der Waals surface area contributed by atoms with Crippen molar-refractivity contribution in [2.24, 2.45) is 0 Å². The fourth-order valence-corrected chi connectivity index (χ4v) is 3.11. The summed E-state index contributed by atoms with van der Waals surface area (Å²) in [4.78, 5) is 16.9. The van der Waals surface area contributed by atoms with Crippen LogP contribution in [0.25, 0.3) is 10.1 Å². The average Bonchev–Trinajstić information content (AvgIpc) is 2.72. The highest BCUT2D eigenvalue weighted by Crippen LogP contribution is 2.34. The molecular formula is C15H21N3OS. The van der Waals surface area contributed by atoms with Crippen LogP contribution in [-0.2, 0) is 0 Å². The number of amides is 1. The Labute approximate surface area is 123 Å². The van der Waals surface area contributed by atoms with Crippen LogP contribution in [0, 0.1) is 6.92 Å². The van der Waals surface area contributed by atoms with E-state index >= 15 is 0 Å². The van der Waals surface area contributed by atoms with E-state index in [1.165, 1.54) is 11.3 Å². The Hall–Kier alpha value is -1.59. The summed E-state index contributed by atoms with van der Waals surface area (Å²) in [5, 5.41) is 0.986. The van der Waals surface area contributed by atoms with Crippen molar-refractivity contribution in [3.05, 3.63) is 28.6 Å². The number of anilines is 1. The minimum Gasteiger partial charge on any atom is -0.397 e. The molecule has 0 aliphatic rings. The van der Waals surface area contributed by atoms with Crippen LogP contribution in [0.4, 0.5) is 5.69 Å². The minimum absolute atomic E-state index is 0.00297. The Morgan fingerprint density at radius 1 is 1.25 bits per heavy atom. The summed E-state index contributed by atoms with van der Waals surface area (Å²) in [5.41, 5.74) is 7.92. The lowest BCUT2D eigenvalue weighted by atomic mass is 10.1. The zero-order valence-electron chi connectivity index (χ0n) is 12.4. The van der Waals surface area contributed by atoms with Gasteiger partial charge in [-0.3, -0.25) is 4.79 Å². The smallest absolute Gasteiger partial charge is 0.265 e. The highest BCUT2D eigenvalue weighted by Gasteiger charge is 2.19. The lowest BCUT2D eigenvalue weighted by Crippen LogP contribution is -2.33. The van der Waals surface area contributed by atoms with Crippen molar-refractivity contribution < 1.29 is 4.79 Å². The lowest BCUT2D eigenvalue weighted by Gasteiger charge is -2.19. The highest BCUT2D eigenvalue weighted by atomic mass is 32.1. The second-order valence-electron chi connectivity index (χ2n) is 5.37. The predicted molar refractivity (Wildman–Crippen MR) is 86.5 cm³/mol. The molecule has 20 heavy (non-hydrogen) atoms. The van der Waals surface area contributed by atoms with Gasteiger partial charge in [0.1, 0.15) is 4.88 Å². The molecule has 1 aromatic carbocycles. The first-order chi connectivity index (χ1) is 9.40. The van der Waals surface area contributed by atoms with Crippen molar-refractivity contribution in [1.29, 1.82) is 0 Å². The second kappa shape index (κ2) is 5.81. The van der Waals surface area contributed by atoms with Gasteiger partial charge in [-0.05, 0) is 33.2 Å². The Morgan fingerprint density at radius 2 is 1.95 bits per heavy atom. The zero-order valence-corrected chi connectivity index (χ0v) is 13.3. The van der Waals surface area contributed by atoms with Crippen LogP contribution in [0.1, 0.15) is 15.2 Å². The molecule has 4 nitrogen and oxygen atoms in total. The summed E-state index contributed by atoms with van der Waals surface area (Å²) in [6, 6.07) is 6.11. The topological polar surface area (TPSA) is 49.6 Å². The molecule has 2 rings (SSSR count). The number of rotatable bonds is 4. The van der Waals surface area contributed by atoms with Crippen LogP contribution in [0.3, 0.4) is 0 Å². The molecule has 0 aliphatic carbocycles. The molecule has 0 aliphatic heterocycles. The van der Waals surface area contributed by atoms with E-state index < -0.39 is 0 Å². The quantitative estimate of drug-likeness (QED) is 0.941. The normalized spacial score (nSPS) is 11.2. The summed E-state index contributed by atoms with van der Waals surface area (Å²) in [6.45, 7) is 3.56. The summed E-state index contributed by atoms with van der Waals surface area (Å²) < 4.78 is 1.07.